The van der Waals surface area contributed by atoms with Gasteiger partial charge in [-0.3, -0.25) is 9.59 Å². The summed E-state index contributed by atoms with van der Waals surface area (Å²) in [5, 5.41) is 6.49. The number of nitrogens with zero attached hydrogens (tertiary/aromatic N) is 1. The summed E-state index contributed by atoms with van der Waals surface area (Å²) in [5.41, 5.74) is 0.532. The van der Waals surface area contributed by atoms with Gasteiger partial charge in [0, 0.05) is 29.7 Å². The van der Waals surface area contributed by atoms with E-state index in [0.717, 1.165) is 0 Å². The molecule has 0 fully saturated rings. The summed E-state index contributed by atoms with van der Waals surface area (Å²) in [6.45, 7) is 0.406. The van der Waals surface area contributed by atoms with Crippen LogP contribution in [0.5, 0.6) is 0 Å². The predicted octanol–water partition coefficient (Wildman–Crippen LogP) is 3.54. The van der Waals surface area contributed by atoms with Gasteiger partial charge in [-0.25, -0.2) is 4.98 Å². The maximum absolute atomic E-state index is 11.8. The zero-order chi connectivity index (χ0) is 16.7. The van der Waals surface area contributed by atoms with E-state index in [9.17, 15) is 9.59 Å². The molecule has 0 aliphatic rings. The van der Waals surface area contributed by atoms with E-state index in [4.69, 9.17) is 23.2 Å². The highest BCUT2D eigenvalue weighted by Crippen LogP contribution is 2.10. The molecule has 2 amide bonds. The van der Waals surface area contributed by atoms with Crippen LogP contribution in [0.15, 0.2) is 42.6 Å². The van der Waals surface area contributed by atoms with Crippen molar-refractivity contribution in [3.63, 3.8) is 0 Å². The summed E-state index contributed by atoms with van der Waals surface area (Å²) in [7, 11) is 0. The Kier molecular flexibility index (Phi) is 6.38. The molecule has 5 nitrogen and oxygen atoms in total. The van der Waals surface area contributed by atoms with Gasteiger partial charge in [-0.1, -0.05) is 23.2 Å². The first kappa shape index (κ1) is 17.2. The minimum absolute atomic E-state index is 0.166. The van der Waals surface area contributed by atoms with Crippen molar-refractivity contribution in [2.24, 2.45) is 0 Å². The quantitative estimate of drug-likeness (QED) is 0.782. The van der Waals surface area contributed by atoms with Crippen LogP contribution in [0.2, 0.25) is 10.0 Å². The molecule has 0 saturated heterocycles. The Labute approximate surface area is 144 Å². The first-order valence-corrected chi connectivity index (χ1v) is 7.75. The van der Waals surface area contributed by atoms with E-state index in [1.54, 1.807) is 36.4 Å². The SMILES string of the molecule is O=C(CCCNC(=O)c1ccc(Cl)cc1)Nc1ccc(Cl)cn1. The van der Waals surface area contributed by atoms with Gasteiger partial charge in [0.15, 0.2) is 0 Å². The lowest BCUT2D eigenvalue weighted by Crippen LogP contribution is -2.25. The predicted molar refractivity (Wildman–Crippen MR) is 90.9 cm³/mol. The Morgan fingerprint density at radius 3 is 2.35 bits per heavy atom. The number of aromatic nitrogens is 1. The first-order chi connectivity index (χ1) is 11.0. The van der Waals surface area contributed by atoms with Gasteiger partial charge < -0.3 is 10.6 Å². The normalized spacial score (nSPS) is 10.2. The average molecular weight is 352 g/mol. The monoisotopic (exact) mass is 351 g/mol. The van der Waals surface area contributed by atoms with Crippen LogP contribution in [0.4, 0.5) is 5.82 Å². The molecule has 0 atom stereocenters. The zero-order valence-corrected chi connectivity index (χ0v) is 13.7. The molecule has 1 heterocycles. The topological polar surface area (TPSA) is 71.1 Å². The summed E-state index contributed by atoms with van der Waals surface area (Å²) in [5.74, 6) is 0.0895. The fourth-order valence-corrected chi connectivity index (χ4v) is 2.05. The van der Waals surface area contributed by atoms with Crippen LogP contribution in [-0.4, -0.2) is 23.3 Å². The minimum Gasteiger partial charge on any atom is -0.352 e. The maximum Gasteiger partial charge on any atom is 0.251 e. The molecule has 2 aromatic rings. The second-order valence-corrected chi connectivity index (χ2v) is 5.65. The van der Waals surface area contributed by atoms with Crippen molar-refractivity contribution in [3.05, 3.63) is 58.2 Å². The Morgan fingerprint density at radius 1 is 1.00 bits per heavy atom. The number of carbonyl (C=O) groups excluding carboxylic acids is 2. The standard InChI is InChI=1S/C16H15Cl2N3O2/c17-12-5-3-11(4-6-12)16(23)19-9-1-2-15(22)21-14-8-7-13(18)10-20-14/h3-8,10H,1-2,9H2,(H,19,23)(H,20,21,22). The largest absolute Gasteiger partial charge is 0.352 e. The molecule has 0 spiro atoms. The lowest BCUT2D eigenvalue weighted by Gasteiger charge is -2.06. The molecule has 0 aliphatic heterocycles. The third-order valence-electron chi connectivity index (χ3n) is 2.97. The molecule has 1 aromatic carbocycles. The molecule has 23 heavy (non-hydrogen) atoms. The van der Waals surface area contributed by atoms with Gasteiger partial charge in [-0.2, -0.15) is 0 Å². The van der Waals surface area contributed by atoms with Gasteiger partial charge in [-0.15, -0.1) is 0 Å². The van der Waals surface area contributed by atoms with Crippen molar-refractivity contribution in [2.45, 2.75) is 12.8 Å². The van der Waals surface area contributed by atoms with Gasteiger partial charge in [0.25, 0.3) is 5.91 Å². The van der Waals surface area contributed by atoms with Gasteiger partial charge >= 0.3 is 0 Å². The summed E-state index contributed by atoms with van der Waals surface area (Å²) >= 11 is 11.5. The Morgan fingerprint density at radius 2 is 1.70 bits per heavy atom. The van der Waals surface area contributed by atoms with E-state index in [-0.39, 0.29) is 18.2 Å². The number of carbonyl (C=O) groups is 2. The van der Waals surface area contributed by atoms with Crippen LogP contribution in [0.1, 0.15) is 23.2 Å². The van der Waals surface area contributed by atoms with Gasteiger partial charge in [0.2, 0.25) is 5.91 Å². The Bertz CT molecular complexity index is 673. The molecule has 2 rings (SSSR count). The highest BCUT2D eigenvalue weighted by atomic mass is 35.5. The number of halogens is 2. The van der Waals surface area contributed by atoms with Crippen molar-refractivity contribution in [3.8, 4) is 0 Å². The molecule has 0 bridgehead atoms. The molecule has 0 saturated carbocycles. The third-order valence-corrected chi connectivity index (χ3v) is 3.44. The summed E-state index contributed by atoms with van der Waals surface area (Å²) in [6, 6.07) is 9.89. The molecule has 0 unspecified atom stereocenters. The second-order valence-electron chi connectivity index (χ2n) is 4.78. The fraction of sp³-hybridized carbons (Fsp3) is 0.188. The van der Waals surface area contributed by atoms with E-state index >= 15 is 0 Å². The minimum atomic E-state index is -0.193. The number of nitrogens with one attached hydrogen (secondary N) is 2. The Balaban J connectivity index is 1.68. The number of pyridine rings is 1. The zero-order valence-electron chi connectivity index (χ0n) is 12.2. The Hall–Kier alpha value is -2.11. The number of anilines is 1. The molecule has 7 heteroatoms. The van der Waals surface area contributed by atoms with Crippen LogP contribution in [-0.2, 0) is 4.79 Å². The van der Waals surface area contributed by atoms with Gasteiger partial charge in [0.05, 0.1) is 5.02 Å². The molecule has 1 aromatic heterocycles. The summed E-state index contributed by atoms with van der Waals surface area (Å²) in [6.07, 6.45) is 2.27. The number of rotatable bonds is 6. The summed E-state index contributed by atoms with van der Waals surface area (Å²) < 4.78 is 0. The molecule has 0 radical (unpaired) electrons. The highest BCUT2D eigenvalue weighted by molar-refractivity contribution is 6.30. The molecule has 120 valence electrons. The lowest BCUT2D eigenvalue weighted by molar-refractivity contribution is -0.116. The van der Waals surface area contributed by atoms with Crippen molar-refractivity contribution in [2.75, 3.05) is 11.9 Å². The number of amides is 2. The van der Waals surface area contributed by atoms with Crippen LogP contribution >= 0.6 is 23.2 Å². The van der Waals surface area contributed by atoms with E-state index in [2.05, 4.69) is 15.6 Å². The average Bonchev–Trinajstić information content (AvgIpc) is 2.54. The molecule has 0 aliphatic carbocycles. The molecular formula is C16H15Cl2N3O2. The van der Waals surface area contributed by atoms with Gasteiger partial charge in [0.1, 0.15) is 5.82 Å². The van der Waals surface area contributed by atoms with Crippen LogP contribution in [0.3, 0.4) is 0 Å². The fourth-order valence-electron chi connectivity index (χ4n) is 1.81. The smallest absolute Gasteiger partial charge is 0.251 e. The third kappa shape index (κ3) is 5.88. The van der Waals surface area contributed by atoms with E-state index in [1.165, 1.54) is 6.20 Å². The van der Waals surface area contributed by atoms with Crippen LogP contribution in [0.25, 0.3) is 0 Å². The molecule has 2 N–H and O–H groups in total. The van der Waals surface area contributed by atoms with Crippen molar-refractivity contribution in [1.29, 1.82) is 0 Å². The van der Waals surface area contributed by atoms with Gasteiger partial charge in [-0.05, 0) is 42.8 Å². The number of hydrogen-bond donors (Lipinski definition) is 2. The summed E-state index contributed by atoms with van der Waals surface area (Å²) in [4.78, 5) is 27.6. The van der Waals surface area contributed by atoms with Crippen LogP contribution < -0.4 is 10.6 Å². The first-order valence-electron chi connectivity index (χ1n) is 7.00. The van der Waals surface area contributed by atoms with Crippen LogP contribution in [0, 0.1) is 0 Å². The van der Waals surface area contributed by atoms with E-state index < -0.39 is 0 Å². The van der Waals surface area contributed by atoms with Crippen molar-refractivity contribution >= 4 is 40.8 Å². The van der Waals surface area contributed by atoms with Crippen molar-refractivity contribution in [1.82, 2.24) is 10.3 Å². The maximum atomic E-state index is 11.8. The highest BCUT2D eigenvalue weighted by Gasteiger charge is 2.06. The number of hydrogen-bond acceptors (Lipinski definition) is 3. The molecular weight excluding hydrogens is 337 g/mol. The van der Waals surface area contributed by atoms with E-state index in [0.29, 0.717) is 34.4 Å². The van der Waals surface area contributed by atoms with E-state index in [1.807, 2.05) is 0 Å². The number of benzene rings is 1. The lowest BCUT2D eigenvalue weighted by atomic mass is 10.2. The van der Waals surface area contributed by atoms with Crippen molar-refractivity contribution < 1.29 is 9.59 Å². The second kappa shape index (κ2) is 8.50.